The molecule has 0 bridgehead atoms. The lowest BCUT2D eigenvalue weighted by atomic mass is 10.0. The van der Waals surface area contributed by atoms with Gasteiger partial charge < -0.3 is 9.80 Å². The quantitative estimate of drug-likeness (QED) is 0.814. The number of hydrogen-bond donors (Lipinski definition) is 0. The van der Waals surface area contributed by atoms with E-state index in [1.165, 1.54) is 56.7 Å². The van der Waals surface area contributed by atoms with E-state index in [0.29, 0.717) is 0 Å². The number of anilines is 1. The smallest absolute Gasteiger partial charge is 0.205 e. The van der Waals surface area contributed by atoms with Gasteiger partial charge in [-0.3, -0.25) is 0 Å². The van der Waals surface area contributed by atoms with Crippen molar-refractivity contribution < 1.29 is 0 Å². The highest BCUT2D eigenvalue weighted by Crippen LogP contribution is 2.28. The van der Waals surface area contributed by atoms with Crippen molar-refractivity contribution >= 4 is 28.3 Å². The minimum atomic E-state index is 0.744. The third-order valence-electron chi connectivity index (χ3n) is 5.16. The zero-order valence-electron chi connectivity index (χ0n) is 13.8. The van der Waals surface area contributed by atoms with Crippen molar-refractivity contribution in [3.05, 3.63) is 29.3 Å². The van der Waals surface area contributed by atoms with Gasteiger partial charge in [0.1, 0.15) is 0 Å². The number of benzene rings is 1. The van der Waals surface area contributed by atoms with Gasteiger partial charge in [-0.15, -0.1) is 0 Å². The first kappa shape index (κ1) is 16.3. The number of likely N-dealkylation sites (tertiary alicyclic amines) is 1. The fraction of sp³-hybridized carbons (Fsp3) is 0.556. The van der Waals surface area contributed by atoms with Crippen LogP contribution >= 0.6 is 23.1 Å². The molecule has 3 heterocycles. The van der Waals surface area contributed by atoms with Crippen LogP contribution in [-0.2, 0) is 0 Å². The van der Waals surface area contributed by atoms with Crippen molar-refractivity contribution in [2.24, 2.45) is 0 Å². The van der Waals surface area contributed by atoms with Crippen molar-refractivity contribution in [3.8, 4) is 11.4 Å². The summed E-state index contributed by atoms with van der Waals surface area (Å²) in [6.45, 7) is 4.78. The molecule has 0 N–H and O–H groups in total. The molecule has 4 rings (SSSR count). The maximum atomic E-state index is 5.95. The van der Waals surface area contributed by atoms with Gasteiger partial charge in [0.05, 0.1) is 0 Å². The molecule has 0 amide bonds. The second-order valence-electron chi connectivity index (χ2n) is 6.72. The number of nitrogens with zero attached hydrogens (tertiary/aromatic N) is 4. The van der Waals surface area contributed by atoms with Crippen molar-refractivity contribution in [3.63, 3.8) is 0 Å². The van der Waals surface area contributed by atoms with Crippen LogP contribution in [0.25, 0.3) is 11.4 Å². The van der Waals surface area contributed by atoms with Gasteiger partial charge in [0.25, 0.3) is 0 Å². The number of rotatable bonds is 3. The van der Waals surface area contributed by atoms with E-state index in [4.69, 9.17) is 16.6 Å². The first-order valence-electron chi connectivity index (χ1n) is 8.88. The largest absolute Gasteiger partial charge is 0.347 e. The fourth-order valence-corrected chi connectivity index (χ4v) is 4.63. The summed E-state index contributed by atoms with van der Waals surface area (Å²) in [4.78, 5) is 9.86. The predicted octanol–water partition coefficient (Wildman–Crippen LogP) is 4.31. The molecule has 0 aliphatic carbocycles. The molecule has 1 aromatic heterocycles. The third kappa shape index (κ3) is 3.58. The minimum Gasteiger partial charge on any atom is -0.347 e. The molecule has 0 spiro atoms. The lowest BCUT2D eigenvalue weighted by Gasteiger charge is -2.40. The Labute approximate surface area is 152 Å². The summed E-state index contributed by atoms with van der Waals surface area (Å²) in [5.41, 5.74) is 1.03. The molecule has 24 heavy (non-hydrogen) atoms. The summed E-state index contributed by atoms with van der Waals surface area (Å²) in [6.07, 6.45) is 6.65. The van der Waals surface area contributed by atoms with E-state index < -0.39 is 0 Å². The lowest BCUT2D eigenvalue weighted by Crippen LogP contribution is -2.46. The molecular formula is C18H23ClN4S. The molecule has 2 aliphatic heterocycles. The van der Waals surface area contributed by atoms with Gasteiger partial charge in [0.2, 0.25) is 5.13 Å². The second kappa shape index (κ2) is 7.38. The van der Waals surface area contributed by atoms with Gasteiger partial charge in [-0.05, 0) is 63.0 Å². The first-order valence-corrected chi connectivity index (χ1v) is 10.0. The van der Waals surface area contributed by atoms with Crippen molar-refractivity contribution in [1.82, 2.24) is 14.3 Å². The fourth-order valence-electron chi connectivity index (χ4n) is 3.77. The average molecular weight is 363 g/mol. The number of halogens is 1. The van der Waals surface area contributed by atoms with Crippen LogP contribution in [0.1, 0.15) is 32.1 Å². The van der Waals surface area contributed by atoms with Crippen LogP contribution in [0.3, 0.4) is 0 Å². The monoisotopic (exact) mass is 362 g/mol. The Morgan fingerprint density at radius 2 is 1.67 bits per heavy atom. The summed E-state index contributed by atoms with van der Waals surface area (Å²) in [5.74, 6) is 0.810. The summed E-state index contributed by atoms with van der Waals surface area (Å²) >= 11 is 7.46. The zero-order valence-corrected chi connectivity index (χ0v) is 15.4. The van der Waals surface area contributed by atoms with E-state index >= 15 is 0 Å². The Morgan fingerprint density at radius 3 is 2.38 bits per heavy atom. The lowest BCUT2D eigenvalue weighted by molar-refractivity contribution is 0.141. The molecule has 6 heteroatoms. The van der Waals surface area contributed by atoms with E-state index in [0.717, 1.165) is 40.7 Å². The second-order valence-corrected chi connectivity index (χ2v) is 7.89. The molecule has 2 aliphatic rings. The Kier molecular flexibility index (Phi) is 5.01. The van der Waals surface area contributed by atoms with E-state index in [1.54, 1.807) is 0 Å². The van der Waals surface area contributed by atoms with Crippen molar-refractivity contribution in [1.29, 1.82) is 0 Å². The standard InChI is InChI=1S/C18H23ClN4S/c19-15-6-4-14(5-7-15)17-20-18(24-21-17)23-12-8-16(9-13-23)22-10-2-1-3-11-22/h4-7,16H,1-3,8-13H2. The topological polar surface area (TPSA) is 32.3 Å². The highest BCUT2D eigenvalue weighted by molar-refractivity contribution is 7.09. The highest BCUT2D eigenvalue weighted by atomic mass is 35.5. The van der Waals surface area contributed by atoms with Gasteiger partial charge in [0, 0.05) is 41.2 Å². The molecule has 0 radical (unpaired) electrons. The predicted molar refractivity (Wildman–Crippen MR) is 101 cm³/mol. The van der Waals surface area contributed by atoms with Gasteiger partial charge in [-0.2, -0.15) is 9.36 Å². The Hall–Kier alpha value is -1.17. The van der Waals surface area contributed by atoms with Crippen LogP contribution in [0.2, 0.25) is 5.02 Å². The van der Waals surface area contributed by atoms with E-state index in [-0.39, 0.29) is 0 Å². The van der Waals surface area contributed by atoms with Gasteiger partial charge in [0.15, 0.2) is 5.82 Å². The number of hydrogen-bond acceptors (Lipinski definition) is 5. The summed E-state index contributed by atoms with van der Waals surface area (Å²) < 4.78 is 4.54. The van der Waals surface area contributed by atoms with Crippen molar-refractivity contribution in [2.75, 3.05) is 31.1 Å². The summed E-state index contributed by atoms with van der Waals surface area (Å²) in [5, 5.41) is 1.80. The van der Waals surface area contributed by atoms with E-state index in [9.17, 15) is 0 Å². The molecule has 4 nitrogen and oxygen atoms in total. The van der Waals surface area contributed by atoms with Crippen LogP contribution in [0.15, 0.2) is 24.3 Å². The molecule has 0 atom stereocenters. The van der Waals surface area contributed by atoms with Gasteiger partial charge in [-0.1, -0.05) is 18.0 Å². The van der Waals surface area contributed by atoms with Crippen LogP contribution in [-0.4, -0.2) is 46.5 Å². The van der Waals surface area contributed by atoms with E-state index in [1.807, 2.05) is 24.3 Å². The van der Waals surface area contributed by atoms with Crippen LogP contribution < -0.4 is 4.90 Å². The molecular weight excluding hydrogens is 340 g/mol. The zero-order chi connectivity index (χ0) is 16.4. The molecule has 128 valence electrons. The highest BCUT2D eigenvalue weighted by Gasteiger charge is 2.27. The Bertz CT molecular complexity index is 658. The van der Waals surface area contributed by atoms with Crippen LogP contribution in [0, 0.1) is 0 Å². The van der Waals surface area contributed by atoms with Crippen LogP contribution in [0.5, 0.6) is 0 Å². The maximum Gasteiger partial charge on any atom is 0.205 e. The molecule has 0 unspecified atom stereocenters. The number of piperidine rings is 2. The van der Waals surface area contributed by atoms with Gasteiger partial charge in [-0.25, -0.2) is 0 Å². The molecule has 1 aromatic carbocycles. The average Bonchev–Trinajstić information content (AvgIpc) is 3.13. The SMILES string of the molecule is Clc1ccc(-c2nsc(N3CCC(N4CCCCC4)CC3)n2)cc1. The molecule has 0 saturated carbocycles. The minimum absolute atomic E-state index is 0.744. The summed E-state index contributed by atoms with van der Waals surface area (Å²) in [7, 11) is 0. The summed E-state index contributed by atoms with van der Waals surface area (Å²) in [6, 6.07) is 8.52. The van der Waals surface area contributed by atoms with Gasteiger partial charge >= 0.3 is 0 Å². The van der Waals surface area contributed by atoms with Crippen molar-refractivity contribution in [2.45, 2.75) is 38.1 Å². The normalized spacial score (nSPS) is 20.5. The van der Waals surface area contributed by atoms with Crippen LogP contribution in [0.4, 0.5) is 5.13 Å². The Balaban J connectivity index is 1.38. The molecule has 2 fully saturated rings. The third-order valence-corrected chi connectivity index (χ3v) is 6.19. The molecule has 2 saturated heterocycles. The number of aromatic nitrogens is 2. The van der Waals surface area contributed by atoms with E-state index in [2.05, 4.69) is 14.2 Å². The maximum absolute atomic E-state index is 5.95. The first-order chi connectivity index (χ1) is 11.8. The molecule has 2 aromatic rings. The Morgan fingerprint density at radius 1 is 0.958 bits per heavy atom.